The van der Waals surface area contributed by atoms with Gasteiger partial charge in [0.25, 0.3) is 0 Å². The SMILES string of the molecule is Cc1nc2ccc(CC(=O)N[C@@H]3COC4(CCCCC4)C3)cc2[nH]1. The maximum Gasteiger partial charge on any atom is 0.224 e. The highest BCUT2D eigenvalue weighted by molar-refractivity contribution is 5.82. The van der Waals surface area contributed by atoms with Gasteiger partial charge in [0, 0.05) is 0 Å². The second kappa shape index (κ2) is 6.20. The number of amides is 1. The van der Waals surface area contributed by atoms with Crippen molar-refractivity contribution in [2.45, 2.75) is 63.5 Å². The monoisotopic (exact) mass is 327 g/mol. The molecule has 24 heavy (non-hydrogen) atoms. The van der Waals surface area contributed by atoms with Crippen molar-refractivity contribution in [3.05, 3.63) is 29.6 Å². The molecule has 0 bridgehead atoms. The highest BCUT2D eigenvalue weighted by Gasteiger charge is 2.41. The molecule has 1 aliphatic carbocycles. The lowest BCUT2D eigenvalue weighted by Crippen LogP contribution is -2.38. The summed E-state index contributed by atoms with van der Waals surface area (Å²) in [6.45, 7) is 2.60. The Morgan fingerprint density at radius 2 is 2.21 bits per heavy atom. The topological polar surface area (TPSA) is 67.0 Å². The van der Waals surface area contributed by atoms with Gasteiger partial charge in [0.15, 0.2) is 0 Å². The number of hydrogen-bond donors (Lipinski definition) is 2. The lowest BCUT2D eigenvalue weighted by Gasteiger charge is -2.32. The van der Waals surface area contributed by atoms with E-state index in [-0.39, 0.29) is 17.6 Å². The predicted molar refractivity (Wildman–Crippen MR) is 92.9 cm³/mol. The van der Waals surface area contributed by atoms with E-state index in [4.69, 9.17) is 4.74 Å². The predicted octanol–water partition coefficient (Wildman–Crippen LogP) is 3.02. The summed E-state index contributed by atoms with van der Waals surface area (Å²) in [5.41, 5.74) is 2.99. The van der Waals surface area contributed by atoms with Gasteiger partial charge in [-0.25, -0.2) is 4.98 Å². The van der Waals surface area contributed by atoms with Gasteiger partial charge in [-0.3, -0.25) is 4.79 Å². The van der Waals surface area contributed by atoms with Crippen LogP contribution in [0.1, 0.15) is 49.9 Å². The molecule has 0 radical (unpaired) electrons. The van der Waals surface area contributed by atoms with E-state index in [9.17, 15) is 4.79 Å². The standard InChI is InChI=1S/C19H25N3O2/c1-13-20-16-6-5-14(9-17(16)21-13)10-18(23)22-15-11-19(24-12-15)7-3-2-4-8-19/h5-6,9,15H,2-4,7-8,10-12H2,1H3,(H,20,21)(H,22,23)/t15-/m0/s1. The first-order valence-electron chi connectivity index (χ1n) is 9.01. The van der Waals surface area contributed by atoms with E-state index < -0.39 is 0 Å². The van der Waals surface area contributed by atoms with E-state index in [0.29, 0.717) is 13.0 Å². The Balaban J connectivity index is 1.36. The summed E-state index contributed by atoms with van der Waals surface area (Å²) in [7, 11) is 0. The minimum absolute atomic E-state index is 0.0442. The Kier molecular flexibility index (Phi) is 4.04. The fraction of sp³-hybridized carbons (Fsp3) is 0.579. The molecule has 1 atom stereocenters. The number of aromatic amines is 1. The minimum atomic E-state index is 0.0442. The van der Waals surface area contributed by atoms with Gasteiger partial charge in [0.1, 0.15) is 5.82 Å². The number of fused-ring (bicyclic) bond motifs is 1. The Bertz CT molecular complexity index is 746. The number of nitrogens with one attached hydrogen (secondary N) is 2. The van der Waals surface area contributed by atoms with Crippen molar-refractivity contribution < 1.29 is 9.53 Å². The average Bonchev–Trinajstić information content (AvgIpc) is 3.10. The van der Waals surface area contributed by atoms with Gasteiger partial charge in [0.05, 0.1) is 35.7 Å². The molecular weight excluding hydrogens is 302 g/mol. The van der Waals surface area contributed by atoms with Crippen molar-refractivity contribution in [3.63, 3.8) is 0 Å². The molecule has 1 aromatic heterocycles. The molecule has 1 aliphatic heterocycles. The van der Waals surface area contributed by atoms with Crippen LogP contribution in [0.15, 0.2) is 18.2 Å². The van der Waals surface area contributed by atoms with E-state index >= 15 is 0 Å². The van der Waals surface area contributed by atoms with Gasteiger partial charge in [0.2, 0.25) is 5.91 Å². The second-order valence-electron chi connectivity index (χ2n) is 7.37. The lowest BCUT2D eigenvalue weighted by molar-refractivity contribution is -0.121. The third kappa shape index (κ3) is 3.18. The van der Waals surface area contributed by atoms with Gasteiger partial charge in [-0.15, -0.1) is 0 Å². The summed E-state index contributed by atoms with van der Waals surface area (Å²) in [6.07, 6.45) is 7.49. The molecule has 5 nitrogen and oxygen atoms in total. The average molecular weight is 327 g/mol. The molecule has 1 spiro atoms. The molecule has 0 unspecified atom stereocenters. The number of carbonyl (C=O) groups excluding carboxylic acids is 1. The van der Waals surface area contributed by atoms with Crippen LogP contribution in [0.2, 0.25) is 0 Å². The molecule has 1 saturated carbocycles. The van der Waals surface area contributed by atoms with Gasteiger partial charge >= 0.3 is 0 Å². The van der Waals surface area contributed by atoms with Crippen LogP contribution in [0.5, 0.6) is 0 Å². The van der Waals surface area contributed by atoms with Gasteiger partial charge in [-0.1, -0.05) is 25.3 Å². The van der Waals surface area contributed by atoms with Crippen molar-refractivity contribution in [1.29, 1.82) is 0 Å². The van der Waals surface area contributed by atoms with E-state index in [0.717, 1.165) is 41.7 Å². The van der Waals surface area contributed by atoms with Crippen LogP contribution in [-0.2, 0) is 16.0 Å². The number of nitrogens with zero attached hydrogens (tertiary/aromatic N) is 1. The van der Waals surface area contributed by atoms with Crippen molar-refractivity contribution in [3.8, 4) is 0 Å². The Hall–Kier alpha value is -1.88. The van der Waals surface area contributed by atoms with Gasteiger partial charge < -0.3 is 15.0 Å². The molecule has 1 aromatic carbocycles. The summed E-state index contributed by atoms with van der Waals surface area (Å²) < 4.78 is 6.08. The van der Waals surface area contributed by atoms with Gasteiger partial charge in [-0.05, 0) is 43.9 Å². The molecule has 2 aromatic rings. The number of rotatable bonds is 3. The van der Waals surface area contributed by atoms with Crippen molar-refractivity contribution in [2.24, 2.45) is 0 Å². The number of carbonyl (C=O) groups is 1. The maximum atomic E-state index is 12.4. The summed E-state index contributed by atoms with van der Waals surface area (Å²) in [5.74, 6) is 0.972. The Morgan fingerprint density at radius 1 is 1.38 bits per heavy atom. The second-order valence-corrected chi connectivity index (χ2v) is 7.37. The fourth-order valence-corrected chi connectivity index (χ4v) is 4.24. The summed E-state index contributed by atoms with van der Waals surface area (Å²) in [4.78, 5) is 20.0. The molecule has 2 N–H and O–H groups in total. The lowest BCUT2D eigenvalue weighted by atomic mass is 9.82. The van der Waals surface area contributed by atoms with Crippen LogP contribution in [0.4, 0.5) is 0 Å². The molecular formula is C19H25N3O2. The van der Waals surface area contributed by atoms with E-state index in [1.807, 2.05) is 25.1 Å². The molecule has 1 amide bonds. The van der Waals surface area contributed by atoms with Crippen molar-refractivity contribution in [2.75, 3.05) is 6.61 Å². The summed E-state index contributed by atoms with van der Waals surface area (Å²) in [5, 5.41) is 3.16. The van der Waals surface area contributed by atoms with Crippen LogP contribution in [0, 0.1) is 6.92 Å². The van der Waals surface area contributed by atoms with Crippen LogP contribution >= 0.6 is 0 Å². The molecule has 2 aliphatic rings. The summed E-state index contributed by atoms with van der Waals surface area (Å²) >= 11 is 0. The molecule has 2 heterocycles. The Morgan fingerprint density at radius 3 is 3.04 bits per heavy atom. The zero-order chi connectivity index (χ0) is 16.6. The third-order valence-electron chi connectivity index (χ3n) is 5.37. The number of aryl methyl sites for hydroxylation is 1. The molecule has 2 fully saturated rings. The number of benzene rings is 1. The molecule has 5 heteroatoms. The highest BCUT2D eigenvalue weighted by Crippen LogP contribution is 2.39. The first kappa shape index (κ1) is 15.6. The van der Waals surface area contributed by atoms with Crippen LogP contribution in [0.25, 0.3) is 11.0 Å². The first-order valence-corrected chi connectivity index (χ1v) is 9.01. The normalized spacial score (nSPS) is 23.0. The molecule has 128 valence electrons. The summed E-state index contributed by atoms with van der Waals surface area (Å²) in [6, 6.07) is 6.13. The smallest absolute Gasteiger partial charge is 0.224 e. The minimum Gasteiger partial charge on any atom is -0.373 e. The number of imidazole rings is 1. The number of ether oxygens (including phenoxy) is 1. The fourth-order valence-electron chi connectivity index (χ4n) is 4.24. The third-order valence-corrected chi connectivity index (χ3v) is 5.37. The first-order chi connectivity index (χ1) is 11.6. The van der Waals surface area contributed by atoms with Crippen molar-refractivity contribution in [1.82, 2.24) is 15.3 Å². The molecule has 4 rings (SSSR count). The zero-order valence-electron chi connectivity index (χ0n) is 14.2. The van der Waals surface area contributed by atoms with Crippen LogP contribution in [0.3, 0.4) is 0 Å². The maximum absolute atomic E-state index is 12.4. The number of hydrogen-bond acceptors (Lipinski definition) is 3. The molecule has 1 saturated heterocycles. The van der Waals surface area contributed by atoms with Crippen molar-refractivity contribution >= 4 is 16.9 Å². The largest absolute Gasteiger partial charge is 0.373 e. The van der Waals surface area contributed by atoms with E-state index in [1.54, 1.807) is 0 Å². The number of aromatic nitrogens is 2. The number of H-pyrrole nitrogens is 1. The van der Waals surface area contributed by atoms with Crippen LogP contribution < -0.4 is 5.32 Å². The highest BCUT2D eigenvalue weighted by atomic mass is 16.5. The van der Waals surface area contributed by atoms with Gasteiger partial charge in [-0.2, -0.15) is 0 Å². The zero-order valence-corrected chi connectivity index (χ0v) is 14.2. The Labute approximate surface area is 142 Å². The van der Waals surface area contributed by atoms with Crippen LogP contribution in [-0.4, -0.2) is 34.1 Å². The van der Waals surface area contributed by atoms with E-state index in [1.165, 1.54) is 19.3 Å². The quantitative estimate of drug-likeness (QED) is 0.910. The van der Waals surface area contributed by atoms with E-state index in [2.05, 4.69) is 15.3 Å².